The van der Waals surface area contributed by atoms with Crippen molar-refractivity contribution in [3.05, 3.63) is 0 Å². The summed E-state index contributed by atoms with van der Waals surface area (Å²) in [5.41, 5.74) is 0. The predicted octanol–water partition coefficient (Wildman–Crippen LogP) is 1.56. The van der Waals surface area contributed by atoms with Crippen LogP contribution in [0.5, 0.6) is 0 Å². The van der Waals surface area contributed by atoms with Crippen molar-refractivity contribution in [3.63, 3.8) is 0 Å². The van der Waals surface area contributed by atoms with Gasteiger partial charge >= 0.3 is 0 Å². The van der Waals surface area contributed by atoms with Crippen molar-refractivity contribution in [2.24, 2.45) is 11.8 Å². The minimum Gasteiger partial charge on any atom is -0.377 e. The molecular weight excluding hydrogens is 268 g/mol. The normalized spacial score (nSPS) is 28.0. The van der Waals surface area contributed by atoms with Crippen LogP contribution in [0.1, 0.15) is 47.0 Å². The van der Waals surface area contributed by atoms with Crippen LogP contribution in [-0.2, 0) is 14.3 Å². The van der Waals surface area contributed by atoms with Gasteiger partial charge in [0.15, 0.2) is 0 Å². The molecule has 120 valence electrons. The first-order valence-corrected chi connectivity index (χ1v) is 8.18. The summed E-state index contributed by atoms with van der Waals surface area (Å²) in [5, 5.41) is 2.95. The minimum atomic E-state index is -0.353. The highest BCUT2D eigenvalue weighted by Gasteiger charge is 2.47. The van der Waals surface area contributed by atoms with Gasteiger partial charge in [-0.1, -0.05) is 20.3 Å². The van der Waals surface area contributed by atoms with Gasteiger partial charge in [0, 0.05) is 6.54 Å². The molecular formula is C16H28N2O3. The summed E-state index contributed by atoms with van der Waals surface area (Å²) in [6.45, 7) is 9.03. The molecule has 1 heterocycles. The van der Waals surface area contributed by atoms with Gasteiger partial charge in [0.2, 0.25) is 11.8 Å². The quantitative estimate of drug-likeness (QED) is 0.775. The molecule has 0 aromatic carbocycles. The van der Waals surface area contributed by atoms with Gasteiger partial charge in [-0.25, -0.2) is 0 Å². The van der Waals surface area contributed by atoms with Gasteiger partial charge in [-0.15, -0.1) is 0 Å². The number of ether oxygens (including phenoxy) is 1. The van der Waals surface area contributed by atoms with Gasteiger partial charge in [-0.05, 0) is 38.5 Å². The number of hydrogen-bond acceptors (Lipinski definition) is 3. The van der Waals surface area contributed by atoms with Crippen molar-refractivity contribution in [1.82, 2.24) is 10.2 Å². The number of carbonyl (C=O) groups excluding carboxylic acids is 2. The molecule has 1 aliphatic heterocycles. The molecule has 1 saturated heterocycles. The van der Waals surface area contributed by atoms with Crippen LogP contribution in [0.3, 0.4) is 0 Å². The molecule has 5 heteroatoms. The Kier molecular flexibility index (Phi) is 5.25. The zero-order valence-corrected chi connectivity index (χ0v) is 13.6. The maximum atomic E-state index is 12.7. The van der Waals surface area contributed by atoms with E-state index in [-0.39, 0.29) is 35.9 Å². The van der Waals surface area contributed by atoms with Crippen LogP contribution >= 0.6 is 0 Å². The zero-order valence-electron chi connectivity index (χ0n) is 13.6. The molecule has 21 heavy (non-hydrogen) atoms. The zero-order chi connectivity index (χ0) is 15.6. The second-order valence-corrected chi connectivity index (χ2v) is 6.61. The molecule has 3 atom stereocenters. The van der Waals surface area contributed by atoms with E-state index in [9.17, 15) is 9.59 Å². The number of carbonyl (C=O) groups is 2. The van der Waals surface area contributed by atoms with Crippen LogP contribution in [0.2, 0.25) is 0 Å². The molecule has 1 aliphatic carbocycles. The van der Waals surface area contributed by atoms with Crippen LogP contribution < -0.4 is 5.32 Å². The topological polar surface area (TPSA) is 58.6 Å². The molecule has 0 spiro atoms. The Morgan fingerprint density at radius 1 is 1.29 bits per heavy atom. The average Bonchev–Trinajstić information content (AvgIpc) is 3.25. The number of nitrogens with one attached hydrogen (secondary N) is 1. The van der Waals surface area contributed by atoms with E-state index in [2.05, 4.69) is 12.2 Å². The Labute approximate surface area is 127 Å². The van der Waals surface area contributed by atoms with Crippen molar-refractivity contribution in [1.29, 1.82) is 0 Å². The van der Waals surface area contributed by atoms with E-state index in [1.807, 2.05) is 20.8 Å². The van der Waals surface area contributed by atoms with Crippen molar-refractivity contribution in [2.75, 3.05) is 13.2 Å². The highest BCUT2D eigenvalue weighted by molar-refractivity contribution is 5.97. The van der Waals surface area contributed by atoms with Crippen molar-refractivity contribution in [3.8, 4) is 0 Å². The van der Waals surface area contributed by atoms with Gasteiger partial charge in [0.05, 0.1) is 12.7 Å². The van der Waals surface area contributed by atoms with Crippen LogP contribution in [-0.4, -0.2) is 48.1 Å². The molecule has 1 saturated carbocycles. The summed E-state index contributed by atoms with van der Waals surface area (Å²) in [6.07, 6.45) is 3.10. The van der Waals surface area contributed by atoms with Gasteiger partial charge in [0.1, 0.15) is 12.1 Å². The van der Waals surface area contributed by atoms with Gasteiger partial charge in [-0.2, -0.15) is 0 Å². The lowest BCUT2D eigenvalue weighted by Crippen LogP contribution is -2.66. The summed E-state index contributed by atoms with van der Waals surface area (Å²) in [5.74, 6) is 0.584. The molecule has 2 fully saturated rings. The molecule has 3 unspecified atom stereocenters. The summed E-state index contributed by atoms with van der Waals surface area (Å²) in [6, 6.07) is -0.662. The molecule has 5 nitrogen and oxygen atoms in total. The third-order valence-corrected chi connectivity index (χ3v) is 4.51. The van der Waals surface area contributed by atoms with Crippen LogP contribution in [0, 0.1) is 11.8 Å². The van der Waals surface area contributed by atoms with Gasteiger partial charge < -0.3 is 15.0 Å². The predicted molar refractivity (Wildman–Crippen MR) is 80.7 cm³/mol. The van der Waals surface area contributed by atoms with E-state index in [1.165, 1.54) is 0 Å². The van der Waals surface area contributed by atoms with E-state index in [1.54, 1.807) is 4.90 Å². The van der Waals surface area contributed by atoms with E-state index in [0.717, 1.165) is 19.3 Å². The number of hydrogen-bond donors (Lipinski definition) is 1. The van der Waals surface area contributed by atoms with E-state index in [0.29, 0.717) is 19.1 Å². The average molecular weight is 296 g/mol. The minimum absolute atomic E-state index is 0.00500. The molecule has 2 rings (SSSR count). The first-order chi connectivity index (χ1) is 9.95. The third-order valence-electron chi connectivity index (χ3n) is 4.51. The first-order valence-electron chi connectivity index (χ1n) is 8.18. The van der Waals surface area contributed by atoms with Gasteiger partial charge in [0.25, 0.3) is 0 Å². The van der Waals surface area contributed by atoms with Crippen LogP contribution in [0.4, 0.5) is 0 Å². The molecule has 2 aliphatic rings. The smallest absolute Gasteiger partial charge is 0.246 e. The number of piperazine rings is 1. The van der Waals surface area contributed by atoms with Crippen molar-refractivity contribution in [2.45, 2.75) is 65.1 Å². The van der Waals surface area contributed by atoms with E-state index < -0.39 is 0 Å². The lowest BCUT2D eigenvalue weighted by Gasteiger charge is -2.41. The van der Waals surface area contributed by atoms with Crippen LogP contribution in [0.15, 0.2) is 0 Å². The van der Waals surface area contributed by atoms with Gasteiger partial charge in [-0.3, -0.25) is 9.59 Å². The Morgan fingerprint density at radius 2 is 1.95 bits per heavy atom. The standard InChI is InChI=1S/C16H28N2O3/c1-5-11(4)14-15(19)17-13(12-6-7-12)16(20)18(14)8-9-21-10(2)3/h10-14H,5-9H2,1-4H3,(H,17,19). The first kappa shape index (κ1) is 16.3. The number of nitrogens with zero attached hydrogens (tertiary/aromatic N) is 1. The third kappa shape index (κ3) is 3.76. The fraction of sp³-hybridized carbons (Fsp3) is 0.875. The van der Waals surface area contributed by atoms with E-state index in [4.69, 9.17) is 4.74 Å². The largest absolute Gasteiger partial charge is 0.377 e. The Hall–Kier alpha value is -1.10. The second kappa shape index (κ2) is 6.77. The Morgan fingerprint density at radius 3 is 2.48 bits per heavy atom. The Bertz CT molecular complexity index is 393. The molecule has 0 bridgehead atoms. The fourth-order valence-electron chi connectivity index (χ4n) is 2.93. The maximum absolute atomic E-state index is 12.7. The number of rotatable bonds is 7. The molecule has 0 radical (unpaired) electrons. The maximum Gasteiger partial charge on any atom is 0.246 e. The summed E-state index contributed by atoms with van der Waals surface area (Å²) >= 11 is 0. The summed E-state index contributed by atoms with van der Waals surface area (Å²) < 4.78 is 5.58. The highest BCUT2D eigenvalue weighted by atomic mass is 16.5. The monoisotopic (exact) mass is 296 g/mol. The van der Waals surface area contributed by atoms with Crippen LogP contribution in [0.25, 0.3) is 0 Å². The summed E-state index contributed by atoms with van der Waals surface area (Å²) in [4.78, 5) is 26.9. The summed E-state index contributed by atoms with van der Waals surface area (Å²) in [7, 11) is 0. The molecule has 0 aromatic rings. The fourth-order valence-corrected chi connectivity index (χ4v) is 2.93. The molecule has 0 aromatic heterocycles. The molecule has 1 N–H and O–H groups in total. The lowest BCUT2D eigenvalue weighted by molar-refractivity contribution is -0.153. The van der Waals surface area contributed by atoms with E-state index >= 15 is 0 Å². The highest BCUT2D eigenvalue weighted by Crippen LogP contribution is 2.35. The van der Waals surface area contributed by atoms with Crippen molar-refractivity contribution < 1.29 is 14.3 Å². The van der Waals surface area contributed by atoms with Crippen molar-refractivity contribution >= 4 is 11.8 Å². The Balaban J connectivity index is 2.09. The molecule has 2 amide bonds. The second-order valence-electron chi connectivity index (χ2n) is 6.61. The number of amides is 2. The SMILES string of the molecule is CCC(C)C1C(=O)NC(C2CC2)C(=O)N1CCOC(C)C. The lowest BCUT2D eigenvalue weighted by atomic mass is 9.92.